The molecular weight excluding hydrogens is 440 g/mol. The van der Waals surface area contributed by atoms with Crippen LogP contribution in [0.15, 0.2) is 40.4 Å². The second kappa shape index (κ2) is 10.6. The molecule has 1 aromatic carbocycles. The first-order chi connectivity index (χ1) is 14.4. The Kier molecular flexibility index (Phi) is 8.18. The van der Waals surface area contributed by atoms with Gasteiger partial charge < -0.3 is 5.11 Å². The van der Waals surface area contributed by atoms with Gasteiger partial charge in [-0.3, -0.25) is 0 Å². The molecule has 3 rings (SSSR count). The van der Waals surface area contributed by atoms with Crippen LogP contribution in [0.25, 0.3) is 10.2 Å². The highest BCUT2D eigenvalue weighted by molar-refractivity contribution is 7.98. The van der Waals surface area contributed by atoms with Gasteiger partial charge in [0.15, 0.2) is 0 Å². The van der Waals surface area contributed by atoms with Crippen molar-refractivity contribution in [2.24, 2.45) is 5.92 Å². The van der Waals surface area contributed by atoms with Gasteiger partial charge in [0.25, 0.3) is 0 Å². The third kappa shape index (κ3) is 6.21. The molecule has 162 valence electrons. The van der Waals surface area contributed by atoms with Crippen molar-refractivity contribution in [1.82, 2.24) is 19.7 Å². The Labute approximate surface area is 185 Å². The number of fused-ring (bicyclic) bond motifs is 1. The van der Waals surface area contributed by atoms with Crippen LogP contribution in [-0.4, -0.2) is 47.9 Å². The number of aliphatic hydroxyl groups is 1. The van der Waals surface area contributed by atoms with E-state index in [0.29, 0.717) is 5.92 Å². The van der Waals surface area contributed by atoms with Gasteiger partial charge in [0.05, 0.1) is 26.7 Å². The molecule has 0 fully saturated rings. The second-order valence-corrected chi connectivity index (χ2v) is 10.8. The van der Waals surface area contributed by atoms with Gasteiger partial charge in [-0.15, -0.1) is 23.1 Å². The van der Waals surface area contributed by atoms with Crippen molar-refractivity contribution in [3.05, 3.63) is 41.4 Å². The number of hydrogen-bond donors (Lipinski definition) is 2. The average molecular weight is 467 g/mol. The second-order valence-electron chi connectivity index (χ2n) is 7.08. The fourth-order valence-corrected chi connectivity index (χ4v) is 5.42. The molecule has 0 saturated heterocycles. The quantitative estimate of drug-likeness (QED) is 0.418. The van der Waals surface area contributed by atoms with Crippen LogP contribution in [0.4, 0.5) is 0 Å². The molecule has 1 unspecified atom stereocenters. The zero-order valence-corrected chi connectivity index (χ0v) is 19.5. The number of rotatable bonds is 11. The summed E-state index contributed by atoms with van der Waals surface area (Å²) in [5.74, 6) is 1.39. The molecule has 0 saturated carbocycles. The number of thioether (sulfide) groups is 1. The highest BCUT2D eigenvalue weighted by Gasteiger charge is 2.15. The molecule has 0 radical (unpaired) electrons. The molecule has 10 heteroatoms. The van der Waals surface area contributed by atoms with E-state index in [1.54, 1.807) is 30.0 Å². The van der Waals surface area contributed by atoms with Crippen LogP contribution in [0, 0.1) is 5.92 Å². The molecule has 2 N–H and O–H groups in total. The van der Waals surface area contributed by atoms with Gasteiger partial charge in [0.2, 0.25) is 10.0 Å². The van der Waals surface area contributed by atoms with Crippen LogP contribution >= 0.6 is 23.1 Å². The number of thiazole rings is 1. The van der Waals surface area contributed by atoms with Crippen molar-refractivity contribution in [1.29, 1.82) is 0 Å². The summed E-state index contributed by atoms with van der Waals surface area (Å²) in [5, 5.41) is 9.85. The van der Waals surface area contributed by atoms with Crippen LogP contribution < -0.4 is 4.72 Å². The summed E-state index contributed by atoms with van der Waals surface area (Å²) >= 11 is 3.17. The first-order valence-electron chi connectivity index (χ1n) is 9.76. The third-order valence-corrected chi connectivity index (χ3v) is 7.97. The van der Waals surface area contributed by atoms with E-state index in [1.165, 1.54) is 11.3 Å². The first-order valence-corrected chi connectivity index (χ1v) is 13.3. The summed E-state index contributed by atoms with van der Waals surface area (Å²) in [6.07, 6.45) is 9.49. The number of nitrogens with zero attached hydrogens (tertiary/aromatic N) is 3. The van der Waals surface area contributed by atoms with Gasteiger partial charge in [0, 0.05) is 30.3 Å². The molecule has 0 aliphatic rings. The Morgan fingerprint density at radius 2 is 1.93 bits per heavy atom. The number of sulfonamides is 1. The molecular formula is C20H26N4O3S3. The van der Waals surface area contributed by atoms with Crippen molar-refractivity contribution in [2.45, 2.75) is 42.4 Å². The Hall–Kier alpha value is -1.59. The van der Waals surface area contributed by atoms with Crippen LogP contribution in [0.2, 0.25) is 0 Å². The Bertz CT molecular complexity index is 1070. The number of aromatic nitrogens is 3. The fraction of sp³-hybridized carbons (Fsp3) is 0.450. The largest absolute Gasteiger partial charge is 0.395 e. The molecule has 30 heavy (non-hydrogen) atoms. The number of aryl methyl sites for hydroxylation is 2. The molecule has 3 aromatic rings. The minimum Gasteiger partial charge on any atom is -0.395 e. The molecule has 1 atom stereocenters. The van der Waals surface area contributed by atoms with E-state index >= 15 is 0 Å². The van der Waals surface area contributed by atoms with Crippen molar-refractivity contribution >= 4 is 43.3 Å². The molecule has 2 aromatic heterocycles. The maximum absolute atomic E-state index is 12.2. The van der Waals surface area contributed by atoms with Gasteiger partial charge >= 0.3 is 0 Å². The lowest BCUT2D eigenvalue weighted by molar-refractivity contribution is 0.301. The van der Waals surface area contributed by atoms with Crippen LogP contribution in [0.3, 0.4) is 0 Å². The summed E-state index contributed by atoms with van der Waals surface area (Å²) in [7, 11) is -3.61. The summed E-state index contributed by atoms with van der Waals surface area (Å²) in [5.41, 5.74) is 0.811. The zero-order valence-electron chi connectivity index (χ0n) is 17.0. The summed E-state index contributed by atoms with van der Waals surface area (Å²) in [6.45, 7) is 1.99. The van der Waals surface area contributed by atoms with Gasteiger partial charge in [-0.05, 0) is 49.6 Å². The average Bonchev–Trinajstić information content (AvgIpc) is 3.17. The van der Waals surface area contributed by atoms with E-state index in [4.69, 9.17) is 5.11 Å². The summed E-state index contributed by atoms with van der Waals surface area (Å²) in [6, 6.07) is 4.94. The number of benzene rings is 1. The first kappa shape index (κ1) is 23.1. The van der Waals surface area contributed by atoms with Gasteiger partial charge in [0.1, 0.15) is 5.82 Å². The normalized spacial score (nSPS) is 13.0. The minimum absolute atomic E-state index is 0.00104. The topological polar surface area (TPSA) is 105 Å². The predicted octanol–water partition coefficient (Wildman–Crippen LogP) is 3.28. The molecule has 0 aliphatic carbocycles. The predicted molar refractivity (Wildman–Crippen MR) is 122 cm³/mol. The van der Waals surface area contributed by atoms with Gasteiger partial charge in [-0.1, -0.05) is 6.92 Å². The SMILES string of the molecule is CSc1cnc(CCC(C)CCc2nc3ccc(S(=O)(=O)NCCO)cc3s2)nc1. The van der Waals surface area contributed by atoms with Crippen LogP contribution in [0.1, 0.15) is 30.6 Å². The lowest BCUT2D eigenvalue weighted by Gasteiger charge is -2.09. The molecule has 7 nitrogen and oxygen atoms in total. The lowest BCUT2D eigenvalue weighted by atomic mass is 10.00. The Morgan fingerprint density at radius 1 is 1.20 bits per heavy atom. The van der Waals surface area contributed by atoms with E-state index < -0.39 is 10.0 Å². The molecule has 2 heterocycles. The standard InChI is InChI=1S/C20H26N4O3S3/c1-14(3-7-19-21-12-15(28-2)13-22-19)4-8-20-24-17-6-5-16(11-18(17)29-20)30(26,27)23-9-10-25/h5-6,11-14,23,25H,3-4,7-10H2,1-2H3. The van der Waals surface area contributed by atoms with Crippen LogP contribution in [-0.2, 0) is 22.9 Å². The maximum Gasteiger partial charge on any atom is 0.240 e. The third-order valence-electron chi connectivity index (χ3n) is 4.75. The van der Waals surface area contributed by atoms with Gasteiger partial charge in [-0.2, -0.15) is 0 Å². The molecule has 0 bridgehead atoms. The van der Waals surface area contributed by atoms with Crippen molar-refractivity contribution in [3.8, 4) is 0 Å². The zero-order chi connectivity index (χ0) is 21.6. The van der Waals surface area contributed by atoms with Crippen molar-refractivity contribution in [3.63, 3.8) is 0 Å². The smallest absolute Gasteiger partial charge is 0.240 e. The van der Waals surface area contributed by atoms with E-state index in [2.05, 4.69) is 26.6 Å². The molecule has 0 amide bonds. The van der Waals surface area contributed by atoms with Crippen molar-refractivity contribution in [2.75, 3.05) is 19.4 Å². The van der Waals surface area contributed by atoms with Crippen molar-refractivity contribution < 1.29 is 13.5 Å². The molecule has 0 spiro atoms. The lowest BCUT2D eigenvalue weighted by Crippen LogP contribution is -2.26. The fourth-order valence-electron chi connectivity index (χ4n) is 2.96. The van der Waals surface area contributed by atoms with Gasteiger partial charge in [-0.25, -0.2) is 28.1 Å². The Morgan fingerprint density at radius 3 is 2.63 bits per heavy atom. The number of aliphatic hydroxyl groups excluding tert-OH is 1. The van der Waals surface area contributed by atoms with E-state index in [-0.39, 0.29) is 18.0 Å². The van der Waals surface area contributed by atoms with E-state index in [1.807, 2.05) is 18.6 Å². The Balaban J connectivity index is 1.56. The highest BCUT2D eigenvalue weighted by atomic mass is 32.2. The summed E-state index contributed by atoms with van der Waals surface area (Å²) < 4.78 is 27.7. The van der Waals surface area contributed by atoms with E-state index in [9.17, 15) is 8.42 Å². The number of nitrogens with one attached hydrogen (secondary N) is 1. The monoisotopic (exact) mass is 466 g/mol. The van der Waals surface area contributed by atoms with Crippen LogP contribution in [0.5, 0.6) is 0 Å². The molecule has 0 aliphatic heterocycles. The summed E-state index contributed by atoms with van der Waals surface area (Å²) in [4.78, 5) is 14.7. The minimum atomic E-state index is -3.61. The maximum atomic E-state index is 12.2. The number of hydrogen-bond acceptors (Lipinski definition) is 8. The highest BCUT2D eigenvalue weighted by Crippen LogP contribution is 2.27. The van der Waals surface area contributed by atoms with E-state index in [0.717, 1.165) is 51.6 Å².